The normalized spacial score (nSPS) is 10.3. The van der Waals surface area contributed by atoms with Gasteiger partial charge in [-0.2, -0.15) is 0 Å². The largest absolute Gasteiger partial charge is 0.456 e. The van der Waals surface area contributed by atoms with E-state index in [1.165, 1.54) is 25.2 Å². The topological polar surface area (TPSA) is 101 Å². The molecule has 0 radical (unpaired) electrons. The number of hydrogen-bond acceptors (Lipinski definition) is 5. The highest BCUT2D eigenvalue weighted by molar-refractivity contribution is 5.91. The van der Waals surface area contributed by atoms with Crippen LogP contribution in [0.3, 0.4) is 0 Å². The summed E-state index contributed by atoms with van der Waals surface area (Å²) in [7, 11) is 4.61. The van der Waals surface area contributed by atoms with Gasteiger partial charge in [-0.15, -0.1) is 0 Å². The van der Waals surface area contributed by atoms with E-state index in [-0.39, 0.29) is 24.8 Å². The number of carbonyl (C=O) groups is 1. The van der Waals surface area contributed by atoms with E-state index >= 15 is 0 Å². The molecular weight excluding hydrogens is 252 g/mol. The molecule has 0 saturated carbocycles. The van der Waals surface area contributed by atoms with Gasteiger partial charge in [-0.1, -0.05) is 5.11 Å². The van der Waals surface area contributed by atoms with Crippen LogP contribution < -0.4 is 0 Å². The summed E-state index contributed by atoms with van der Waals surface area (Å²) >= 11 is 0. The monoisotopic (exact) mass is 268 g/mol. The maximum Gasteiger partial charge on any atom is 0.289 e. The molecule has 0 saturated heterocycles. The minimum Gasteiger partial charge on any atom is -0.456 e. The van der Waals surface area contributed by atoms with E-state index in [9.17, 15) is 4.79 Å². The Morgan fingerprint density at radius 2 is 2.21 bits per heavy atom. The molecule has 1 rings (SSSR count). The summed E-state index contributed by atoms with van der Waals surface area (Å²) < 4.78 is 15.3. The van der Waals surface area contributed by atoms with E-state index in [0.717, 1.165) is 0 Å². The number of ether oxygens (including phenoxy) is 2. The molecule has 104 valence electrons. The summed E-state index contributed by atoms with van der Waals surface area (Å²) in [6.07, 6.45) is -0.494. The second kappa shape index (κ2) is 7.42. The summed E-state index contributed by atoms with van der Waals surface area (Å²) in [5.41, 5.74) is 8.20. The molecule has 1 heterocycles. The molecule has 0 spiro atoms. The van der Waals surface area contributed by atoms with Crippen molar-refractivity contribution in [3.8, 4) is 0 Å². The molecule has 1 aromatic heterocycles. The van der Waals surface area contributed by atoms with Crippen LogP contribution in [0.25, 0.3) is 10.4 Å². The van der Waals surface area contributed by atoms with Crippen LogP contribution in [0.1, 0.15) is 16.3 Å². The SMILES string of the molecule is COC(CN(C)C(=O)c1ccc(CN=[N+]=[N-])o1)OC. The van der Waals surface area contributed by atoms with Crippen molar-refractivity contribution in [2.75, 3.05) is 27.8 Å². The molecule has 8 heteroatoms. The van der Waals surface area contributed by atoms with Crippen molar-refractivity contribution >= 4 is 5.91 Å². The fraction of sp³-hybridized carbons (Fsp3) is 0.545. The Labute approximate surface area is 110 Å². The van der Waals surface area contributed by atoms with Gasteiger partial charge in [-0.3, -0.25) is 4.79 Å². The van der Waals surface area contributed by atoms with Gasteiger partial charge in [0.25, 0.3) is 5.91 Å². The summed E-state index contributed by atoms with van der Waals surface area (Å²) in [5, 5.41) is 3.36. The second-order valence-corrected chi connectivity index (χ2v) is 3.74. The quantitative estimate of drug-likeness (QED) is 0.325. The van der Waals surface area contributed by atoms with Crippen LogP contribution in [-0.2, 0) is 16.0 Å². The van der Waals surface area contributed by atoms with E-state index in [4.69, 9.17) is 19.4 Å². The average Bonchev–Trinajstić information content (AvgIpc) is 2.90. The predicted octanol–water partition coefficient (Wildman–Crippen LogP) is 1.78. The van der Waals surface area contributed by atoms with Crippen molar-refractivity contribution < 1.29 is 18.7 Å². The molecule has 0 aliphatic carbocycles. The molecule has 0 bridgehead atoms. The Kier molecular flexibility index (Phi) is 5.87. The van der Waals surface area contributed by atoms with Crippen LogP contribution in [0, 0.1) is 0 Å². The van der Waals surface area contributed by atoms with Gasteiger partial charge in [-0.05, 0) is 17.7 Å². The first-order valence-electron chi connectivity index (χ1n) is 5.53. The molecule has 0 aliphatic heterocycles. The first-order valence-corrected chi connectivity index (χ1v) is 5.53. The molecule has 0 unspecified atom stereocenters. The molecule has 0 atom stereocenters. The van der Waals surface area contributed by atoms with E-state index in [1.54, 1.807) is 13.1 Å². The zero-order chi connectivity index (χ0) is 14.3. The number of amides is 1. The first kappa shape index (κ1) is 15.0. The number of furan rings is 1. The highest BCUT2D eigenvalue weighted by Gasteiger charge is 2.19. The second-order valence-electron chi connectivity index (χ2n) is 3.74. The van der Waals surface area contributed by atoms with Crippen molar-refractivity contribution in [1.29, 1.82) is 0 Å². The number of hydrogen-bond donors (Lipinski definition) is 0. The van der Waals surface area contributed by atoms with Gasteiger partial charge in [-0.25, -0.2) is 0 Å². The Morgan fingerprint density at radius 3 is 2.79 bits per heavy atom. The number of rotatable bonds is 7. The van der Waals surface area contributed by atoms with Crippen LogP contribution in [-0.4, -0.2) is 44.9 Å². The Morgan fingerprint density at radius 1 is 1.53 bits per heavy atom. The highest BCUT2D eigenvalue weighted by atomic mass is 16.7. The Hall–Kier alpha value is -2.02. The summed E-state index contributed by atoms with van der Waals surface area (Å²) in [6, 6.07) is 3.13. The molecule has 0 aliphatic rings. The van der Waals surface area contributed by atoms with Crippen molar-refractivity contribution in [2.24, 2.45) is 5.11 Å². The fourth-order valence-electron chi connectivity index (χ4n) is 1.42. The van der Waals surface area contributed by atoms with Gasteiger partial charge in [0.05, 0.1) is 13.1 Å². The lowest BCUT2D eigenvalue weighted by molar-refractivity contribution is -0.110. The standard InChI is InChI=1S/C11H16N4O4/c1-15(7-10(17-2)18-3)11(16)9-5-4-8(19-9)6-13-14-12/h4-5,10H,6-7H2,1-3H3. The van der Waals surface area contributed by atoms with Crippen molar-refractivity contribution in [3.05, 3.63) is 34.1 Å². The predicted molar refractivity (Wildman–Crippen MR) is 66.3 cm³/mol. The molecule has 0 fully saturated rings. The van der Waals surface area contributed by atoms with Crippen molar-refractivity contribution in [3.63, 3.8) is 0 Å². The number of methoxy groups -OCH3 is 2. The van der Waals surface area contributed by atoms with Gasteiger partial charge < -0.3 is 18.8 Å². The molecule has 0 N–H and O–H groups in total. The minimum atomic E-state index is -0.494. The number of nitrogens with zero attached hydrogens (tertiary/aromatic N) is 4. The van der Waals surface area contributed by atoms with E-state index in [0.29, 0.717) is 5.76 Å². The third kappa shape index (κ3) is 4.29. The van der Waals surface area contributed by atoms with E-state index in [1.807, 2.05) is 0 Å². The number of likely N-dealkylation sites (N-methyl/N-ethyl adjacent to an activating group) is 1. The van der Waals surface area contributed by atoms with E-state index in [2.05, 4.69) is 10.0 Å². The first-order chi connectivity index (χ1) is 9.12. The smallest absolute Gasteiger partial charge is 0.289 e. The number of carbonyl (C=O) groups excluding carboxylic acids is 1. The molecule has 19 heavy (non-hydrogen) atoms. The lowest BCUT2D eigenvalue weighted by atomic mass is 10.3. The van der Waals surface area contributed by atoms with E-state index < -0.39 is 6.29 Å². The molecule has 1 amide bonds. The van der Waals surface area contributed by atoms with Gasteiger partial charge in [0.2, 0.25) is 0 Å². The third-order valence-electron chi connectivity index (χ3n) is 2.46. The van der Waals surface area contributed by atoms with Crippen LogP contribution in [0.5, 0.6) is 0 Å². The highest BCUT2D eigenvalue weighted by Crippen LogP contribution is 2.12. The van der Waals surface area contributed by atoms with Crippen molar-refractivity contribution in [1.82, 2.24) is 4.90 Å². The zero-order valence-corrected chi connectivity index (χ0v) is 11.1. The van der Waals surface area contributed by atoms with Gasteiger partial charge in [0.15, 0.2) is 12.1 Å². The Balaban J connectivity index is 2.65. The third-order valence-corrected chi connectivity index (χ3v) is 2.46. The minimum absolute atomic E-state index is 0.0757. The van der Waals surface area contributed by atoms with Crippen LogP contribution in [0.2, 0.25) is 0 Å². The summed E-state index contributed by atoms with van der Waals surface area (Å²) in [4.78, 5) is 16.1. The van der Waals surface area contributed by atoms with Gasteiger partial charge >= 0.3 is 0 Å². The maximum atomic E-state index is 12.0. The fourth-order valence-corrected chi connectivity index (χ4v) is 1.42. The maximum absolute atomic E-state index is 12.0. The Bertz CT molecular complexity index is 463. The summed E-state index contributed by atoms with van der Waals surface area (Å²) in [6.45, 7) is 0.352. The molecule has 1 aromatic rings. The average molecular weight is 268 g/mol. The molecular formula is C11H16N4O4. The van der Waals surface area contributed by atoms with Crippen molar-refractivity contribution in [2.45, 2.75) is 12.8 Å². The van der Waals surface area contributed by atoms with Crippen LogP contribution >= 0.6 is 0 Å². The summed E-state index contributed by atoms with van der Waals surface area (Å²) in [5.74, 6) is 0.312. The number of azide groups is 1. The lowest BCUT2D eigenvalue weighted by Crippen LogP contribution is -2.35. The molecule has 0 aromatic carbocycles. The van der Waals surface area contributed by atoms with Gasteiger partial charge in [0, 0.05) is 26.2 Å². The zero-order valence-electron chi connectivity index (χ0n) is 11.1. The lowest BCUT2D eigenvalue weighted by Gasteiger charge is -2.21. The van der Waals surface area contributed by atoms with Crippen LogP contribution in [0.4, 0.5) is 0 Å². The van der Waals surface area contributed by atoms with Crippen LogP contribution in [0.15, 0.2) is 21.7 Å². The molecule has 8 nitrogen and oxygen atoms in total. The van der Waals surface area contributed by atoms with Gasteiger partial charge in [0.1, 0.15) is 5.76 Å².